The van der Waals surface area contributed by atoms with Crippen molar-refractivity contribution < 1.29 is 0 Å². The van der Waals surface area contributed by atoms with Gasteiger partial charge >= 0.3 is 0 Å². The van der Waals surface area contributed by atoms with Crippen LogP contribution in [-0.2, 0) is 0 Å². The number of para-hydroxylation sites is 2. The van der Waals surface area contributed by atoms with Crippen LogP contribution in [0.25, 0.3) is 11.0 Å². The van der Waals surface area contributed by atoms with E-state index in [-0.39, 0.29) is 11.6 Å². The first-order chi connectivity index (χ1) is 17.2. The Morgan fingerprint density at radius 1 is 0.829 bits per heavy atom. The molecule has 0 bridgehead atoms. The van der Waals surface area contributed by atoms with Crippen LogP contribution in [0.15, 0.2) is 29.1 Å². The number of alkyl halides is 1. The Kier molecular flexibility index (Phi) is 12.1. The fraction of sp³-hybridized carbons (Fsp3) is 0.724. The highest BCUT2D eigenvalue weighted by molar-refractivity contribution is 9.09. The molecule has 2 aromatic rings. The number of hydrogen-bond acceptors (Lipinski definition) is 4. The second kappa shape index (κ2) is 15.0. The third-order valence-corrected chi connectivity index (χ3v) is 7.64. The van der Waals surface area contributed by atoms with Gasteiger partial charge in [0.25, 0.3) is 5.56 Å². The van der Waals surface area contributed by atoms with Crippen LogP contribution in [0.3, 0.4) is 0 Å². The van der Waals surface area contributed by atoms with Gasteiger partial charge in [0, 0.05) is 43.6 Å². The molecule has 2 saturated heterocycles. The van der Waals surface area contributed by atoms with Gasteiger partial charge in [-0.1, -0.05) is 80.9 Å². The molecule has 3 aliphatic rings. The number of likely N-dealkylation sites (tertiary alicyclic amines) is 1. The Bertz CT molecular complexity index is 924. The van der Waals surface area contributed by atoms with Gasteiger partial charge in [-0.05, 0) is 50.7 Å². The summed E-state index contributed by atoms with van der Waals surface area (Å²) in [5.74, 6) is 0.675. The van der Waals surface area contributed by atoms with Crippen LogP contribution in [0.2, 0.25) is 0 Å². The van der Waals surface area contributed by atoms with Crippen LogP contribution in [0.4, 0.5) is 5.82 Å². The first-order valence-electron chi connectivity index (χ1n) is 14.3. The molecule has 1 saturated carbocycles. The number of halogens is 1. The molecule has 1 aromatic carbocycles. The average molecular weight is 548 g/mol. The molecule has 5 rings (SSSR count). The van der Waals surface area contributed by atoms with E-state index in [0.717, 1.165) is 74.3 Å². The minimum atomic E-state index is 0.125. The third kappa shape index (κ3) is 7.31. The Balaban J connectivity index is 0.000000638. The van der Waals surface area contributed by atoms with Crippen LogP contribution < -0.4 is 10.5 Å². The SMILES string of the molecule is CC.CCBr.O=c1c(N2CCCC2)nc2ccccc2n1C1CCN(C2CCCCCCC2)CC1. The number of nitrogens with zero attached hydrogens (tertiary/aromatic N) is 4. The van der Waals surface area contributed by atoms with Gasteiger partial charge in [-0.15, -0.1) is 0 Å². The van der Waals surface area contributed by atoms with E-state index < -0.39 is 0 Å². The van der Waals surface area contributed by atoms with Gasteiger partial charge in [0.05, 0.1) is 11.0 Å². The Morgan fingerprint density at radius 3 is 2.03 bits per heavy atom. The number of piperidine rings is 1. The molecule has 2 aliphatic heterocycles. The van der Waals surface area contributed by atoms with Crippen molar-refractivity contribution in [3.63, 3.8) is 0 Å². The second-order valence-electron chi connectivity index (χ2n) is 9.83. The maximum atomic E-state index is 13.6. The molecule has 0 spiro atoms. The van der Waals surface area contributed by atoms with Gasteiger partial charge < -0.3 is 14.4 Å². The predicted octanol–water partition coefficient (Wildman–Crippen LogP) is 7.17. The van der Waals surface area contributed by atoms with E-state index in [4.69, 9.17) is 4.98 Å². The summed E-state index contributed by atoms with van der Waals surface area (Å²) in [6.45, 7) is 10.2. The molecule has 0 amide bonds. The quantitative estimate of drug-likeness (QED) is 0.382. The van der Waals surface area contributed by atoms with Crippen molar-refractivity contribution in [1.29, 1.82) is 0 Å². The number of anilines is 1. The molecular formula is C29H47BrN4O. The molecule has 3 heterocycles. The average Bonchev–Trinajstić information content (AvgIpc) is 3.40. The normalized spacial score (nSPS) is 20.4. The predicted molar refractivity (Wildman–Crippen MR) is 154 cm³/mol. The molecule has 0 atom stereocenters. The summed E-state index contributed by atoms with van der Waals surface area (Å²) in [6.07, 6.45) is 14.2. The number of fused-ring (bicyclic) bond motifs is 1. The molecule has 0 radical (unpaired) electrons. The maximum absolute atomic E-state index is 13.6. The van der Waals surface area contributed by atoms with Crippen molar-refractivity contribution in [3.05, 3.63) is 34.6 Å². The van der Waals surface area contributed by atoms with Gasteiger partial charge in [-0.2, -0.15) is 0 Å². The Labute approximate surface area is 221 Å². The van der Waals surface area contributed by atoms with Crippen molar-refractivity contribution in [2.75, 3.05) is 36.4 Å². The first kappa shape index (κ1) is 28.2. The molecule has 196 valence electrons. The zero-order chi connectivity index (χ0) is 25.0. The van der Waals surface area contributed by atoms with E-state index >= 15 is 0 Å². The van der Waals surface area contributed by atoms with Gasteiger partial charge in [-0.25, -0.2) is 4.98 Å². The maximum Gasteiger partial charge on any atom is 0.294 e. The number of hydrogen-bond donors (Lipinski definition) is 0. The van der Waals surface area contributed by atoms with Crippen LogP contribution in [0.5, 0.6) is 0 Å². The van der Waals surface area contributed by atoms with E-state index in [1.54, 1.807) is 0 Å². The van der Waals surface area contributed by atoms with E-state index in [1.165, 1.54) is 44.9 Å². The molecule has 1 aromatic heterocycles. The van der Waals surface area contributed by atoms with Crippen LogP contribution >= 0.6 is 15.9 Å². The largest absolute Gasteiger partial charge is 0.352 e. The zero-order valence-electron chi connectivity index (χ0n) is 22.4. The minimum Gasteiger partial charge on any atom is -0.352 e. The van der Waals surface area contributed by atoms with Gasteiger partial charge in [0.1, 0.15) is 0 Å². The smallest absolute Gasteiger partial charge is 0.294 e. The van der Waals surface area contributed by atoms with Crippen molar-refractivity contribution in [2.24, 2.45) is 0 Å². The molecule has 35 heavy (non-hydrogen) atoms. The number of aromatic nitrogens is 2. The first-order valence-corrected chi connectivity index (χ1v) is 15.4. The van der Waals surface area contributed by atoms with Crippen LogP contribution in [0, 0.1) is 0 Å². The van der Waals surface area contributed by atoms with E-state index in [9.17, 15) is 4.79 Å². The second-order valence-corrected chi connectivity index (χ2v) is 10.9. The Morgan fingerprint density at radius 2 is 1.40 bits per heavy atom. The summed E-state index contributed by atoms with van der Waals surface area (Å²) >= 11 is 3.15. The molecule has 5 nitrogen and oxygen atoms in total. The van der Waals surface area contributed by atoms with E-state index in [2.05, 4.69) is 42.4 Å². The third-order valence-electron chi connectivity index (χ3n) is 7.64. The lowest BCUT2D eigenvalue weighted by molar-refractivity contribution is 0.116. The summed E-state index contributed by atoms with van der Waals surface area (Å²) in [7, 11) is 0. The molecule has 1 aliphatic carbocycles. The topological polar surface area (TPSA) is 41.4 Å². The van der Waals surface area contributed by atoms with E-state index in [1.807, 2.05) is 32.9 Å². The van der Waals surface area contributed by atoms with Crippen molar-refractivity contribution >= 4 is 32.8 Å². The fourth-order valence-corrected chi connectivity index (χ4v) is 5.95. The highest BCUT2D eigenvalue weighted by Crippen LogP contribution is 2.30. The van der Waals surface area contributed by atoms with Gasteiger partial charge in [-0.3, -0.25) is 4.79 Å². The van der Waals surface area contributed by atoms with Crippen LogP contribution in [0.1, 0.15) is 97.4 Å². The summed E-state index contributed by atoms with van der Waals surface area (Å²) < 4.78 is 2.10. The lowest BCUT2D eigenvalue weighted by Gasteiger charge is -2.39. The minimum absolute atomic E-state index is 0.125. The molecular weight excluding hydrogens is 500 g/mol. The molecule has 3 fully saturated rings. The van der Waals surface area contributed by atoms with Crippen molar-refractivity contribution in [3.8, 4) is 0 Å². The Hall–Kier alpha value is -1.40. The molecule has 0 N–H and O–H groups in total. The summed E-state index contributed by atoms with van der Waals surface area (Å²) in [5.41, 5.74) is 2.09. The number of benzene rings is 1. The standard InChI is InChI=1S/C25H36N4O.C2H5Br.C2H6/c30-25-24(28-16-8-9-17-28)26-22-12-6-7-13-23(22)29(25)21-14-18-27(19-15-21)20-10-4-2-1-3-5-11-20;1-2-3;1-2/h6-7,12-13,20-21H,1-5,8-11,14-19H2;2H2,1H3;1-2H3. The summed E-state index contributed by atoms with van der Waals surface area (Å²) in [4.78, 5) is 23.3. The van der Waals surface area contributed by atoms with Gasteiger partial charge in [0.15, 0.2) is 5.82 Å². The van der Waals surface area contributed by atoms with E-state index in [0.29, 0.717) is 5.82 Å². The van der Waals surface area contributed by atoms with Crippen molar-refractivity contribution in [2.45, 2.75) is 103 Å². The molecule has 6 heteroatoms. The summed E-state index contributed by atoms with van der Waals surface area (Å²) in [6, 6.07) is 9.27. The fourth-order valence-electron chi connectivity index (χ4n) is 5.95. The van der Waals surface area contributed by atoms with Crippen LogP contribution in [-0.4, -0.2) is 52.0 Å². The van der Waals surface area contributed by atoms with Gasteiger partial charge in [0.2, 0.25) is 0 Å². The summed E-state index contributed by atoms with van der Waals surface area (Å²) in [5, 5.41) is 1.06. The zero-order valence-corrected chi connectivity index (χ0v) is 23.9. The highest BCUT2D eigenvalue weighted by Gasteiger charge is 2.29. The monoisotopic (exact) mass is 546 g/mol. The molecule has 0 unspecified atom stereocenters. The lowest BCUT2D eigenvalue weighted by atomic mass is 9.93. The van der Waals surface area contributed by atoms with Crippen molar-refractivity contribution in [1.82, 2.24) is 14.5 Å². The number of rotatable bonds is 3. The highest BCUT2D eigenvalue weighted by atomic mass is 79.9. The lowest BCUT2D eigenvalue weighted by Crippen LogP contribution is -2.44.